The lowest BCUT2D eigenvalue weighted by molar-refractivity contribution is -0.134. The summed E-state index contributed by atoms with van der Waals surface area (Å²) in [6, 6.07) is 6.65. The Morgan fingerprint density at radius 2 is 2.20 bits per heavy atom. The van der Waals surface area contributed by atoms with E-state index >= 15 is 0 Å². The molecule has 2 unspecified atom stereocenters. The smallest absolute Gasteiger partial charge is 0.225 e. The van der Waals surface area contributed by atoms with E-state index in [1.54, 1.807) is 18.2 Å². The lowest BCUT2D eigenvalue weighted by Gasteiger charge is -2.24. The minimum absolute atomic E-state index is 0.0351. The van der Waals surface area contributed by atoms with Crippen LogP contribution in [0.25, 0.3) is 0 Å². The SMILES string of the molecule is CC(Cc1ccccc1F)C(=O)N1CCC(C)(CN)C1. The summed E-state index contributed by atoms with van der Waals surface area (Å²) < 4.78 is 13.6. The predicted molar refractivity (Wildman–Crippen MR) is 77.6 cm³/mol. The Hall–Kier alpha value is -1.42. The molecule has 1 amide bonds. The number of amides is 1. The topological polar surface area (TPSA) is 46.3 Å². The molecule has 1 fully saturated rings. The van der Waals surface area contributed by atoms with Gasteiger partial charge < -0.3 is 10.6 Å². The molecule has 0 bridgehead atoms. The first kappa shape index (κ1) is 15.0. The average molecular weight is 278 g/mol. The summed E-state index contributed by atoms with van der Waals surface area (Å²) in [5.74, 6) is -0.335. The van der Waals surface area contributed by atoms with Gasteiger partial charge in [-0.1, -0.05) is 32.0 Å². The van der Waals surface area contributed by atoms with Crippen LogP contribution in [-0.4, -0.2) is 30.4 Å². The third-order valence-electron chi connectivity index (χ3n) is 4.27. The molecule has 1 aliphatic heterocycles. The van der Waals surface area contributed by atoms with Crippen molar-refractivity contribution in [2.45, 2.75) is 26.7 Å². The highest BCUT2D eigenvalue weighted by Gasteiger charge is 2.36. The van der Waals surface area contributed by atoms with Gasteiger partial charge in [-0.3, -0.25) is 4.79 Å². The number of hydrogen-bond acceptors (Lipinski definition) is 2. The summed E-state index contributed by atoms with van der Waals surface area (Å²) in [6.45, 7) is 6.05. The molecule has 20 heavy (non-hydrogen) atoms. The molecule has 1 aliphatic rings. The summed E-state index contributed by atoms with van der Waals surface area (Å²) in [6.07, 6.45) is 1.39. The van der Waals surface area contributed by atoms with Crippen molar-refractivity contribution in [2.75, 3.05) is 19.6 Å². The quantitative estimate of drug-likeness (QED) is 0.918. The van der Waals surface area contributed by atoms with Gasteiger partial charge >= 0.3 is 0 Å². The van der Waals surface area contributed by atoms with E-state index in [-0.39, 0.29) is 23.1 Å². The number of carbonyl (C=O) groups excluding carboxylic acids is 1. The first-order valence-corrected chi connectivity index (χ1v) is 7.17. The number of halogens is 1. The Labute approximate surface area is 120 Å². The van der Waals surface area contributed by atoms with Crippen LogP contribution < -0.4 is 5.73 Å². The maximum absolute atomic E-state index is 13.6. The van der Waals surface area contributed by atoms with Crippen molar-refractivity contribution >= 4 is 5.91 Å². The number of nitrogens with zero attached hydrogens (tertiary/aromatic N) is 1. The van der Waals surface area contributed by atoms with E-state index < -0.39 is 0 Å². The van der Waals surface area contributed by atoms with E-state index in [4.69, 9.17) is 5.73 Å². The summed E-state index contributed by atoms with van der Waals surface area (Å²) >= 11 is 0. The third-order valence-corrected chi connectivity index (χ3v) is 4.27. The van der Waals surface area contributed by atoms with Crippen LogP contribution in [0.2, 0.25) is 0 Å². The van der Waals surface area contributed by atoms with Crippen molar-refractivity contribution in [3.63, 3.8) is 0 Å². The van der Waals surface area contributed by atoms with Gasteiger partial charge in [0.25, 0.3) is 0 Å². The van der Waals surface area contributed by atoms with E-state index in [1.165, 1.54) is 6.07 Å². The van der Waals surface area contributed by atoms with Gasteiger partial charge in [0.1, 0.15) is 5.82 Å². The van der Waals surface area contributed by atoms with Gasteiger partial charge in [0.05, 0.1) is 0 Å². The fourth-order valence-electron chi connectivity index (χ4n) is 2.77. The van der Waals surface area contributed by atoms with Crippen LogP contribution in [0.5, 0.6) is 0 Å². The Morgan fingerprint density at radius 1 is 1.50 bits per heavy atom. The molecule has 2 rings (SSSR count). The van der Waals surface area contributed by atoms with Gasteiger partial charge in [0, 0.05) is 19.0 Å². The maximum Gasteiger partial charge on any atom is 0.225 e. The minimum Gasteiger partial charge on any atom is -0.342 e. The Balaban J connectivity index is 1.98. The van der Waals surface area contributed by atoms with E-state index in [2.05, 4.69) is 6.92 Å². The monoisotopic (exact) mass is 278 g/mol. The average Bonchev–Trinajstić information content (AvgIpc) is 2.84. The fraction of sp³-hybridized carbons (Fsp3) is 0.562. The highest BCUT2D eigenvalue weighted by atomic mass is 19.1. The number of carbonyl (C=O) groups is 1. The largest absolute Gasteiger partial charge is 0.342 e. The van der Waals surface area contributed by atoms with Gasteiger partial charge in [-0.25, -0.2) is 4.39 Å². The molecule has 110 valence electrons. The number of likely N-dealkylation sites (tertiary alicyclic amines) is 1. The molecule has 0 spiro atoms. The van der Waals surface area contributed by atoms with Gasteiger partial charge in [0.15, 0.2) is 0 Å². The van der Waals surface area contributed by atoms with Crippen LogP contribution in [0.1, 0.15) is 25.8 Å². The molecule has 1 aromatic carbocycles. The van der Waals surface area contributed by atoms with Crippen molar-refractivity contribution in [1.82, 2.24) is 4.90 Å². The van der Waals surface area contributed by atoms with E-state index in [0.29, 0.717) is 25.1 Å². The van der Waals surface area contributed by atoms with Crippen molar-refractivity contribution in [2.24, 2.45) is 17.1 Å². The second-order valence-corrected chi connectivity index (χ2v) is 6.22. The molecule has 2 N–H and O–H groups in total. The molecule has 4 heteroatoms. The number of benzene rings is 1. The molecule has 1 aromatic rings. The van der Waals surface area contributed by atoms with Crippen LogP contribution in [0.4, 0.5) is 4.39 Å². The Kier molecular flexibility index (Phi) is 4.43. The summed E-state index contributed by atoms with van der Waals surface area (Å²) in [5, 5.41) is 0. The molecule has 0 radical (unpaired) electrons. The normalized spacial score (nSPS) is 23.9. The van der Waals surface area contributed by atoms with E-state index in [9.17, 15) is 9.18 Å². The molecule has 1 heterocycles. The van der Waals surface area contributed by atoms with E-state index in [1.807, 2.05) is 11.8 Å². The third kappa shape index (κ3) is 3.18. The lowest BCUT2D eigenvalue weighted by atomic mass is 9.90. The van der Waals surface area contributed by atoms with Gasteiger partial charge in [-0.05, 0) is 36.4 Å². The van der Waals surface area contributed by atoms with Crippen molar-refractivity contribution < 1.29 is 9.18 Å². The molecule has 2 atom stereocenters. The second kappa shape index (κ2) is 5.92. The predicted octanol–water partition coefficient (Wildman–Crippen LogP) is 2.20. The Bertz CT molecular complexity index is 491. The molecule has 3 nitrogen and oxygen atoms in total. The van der Waals surface area contributed by atoms with E-state index in [0.717, 1.165) is 13.0 Å². The van der Waals surface area contributed by atoms with Gasteiger partial charge in [-0.15, -0.1) is 0 Å². The highest BCUT2D eigenvalue weighted by molar-refractivity contribution is 5.79. The maximum atomic E-state index is 13.6. The first-order chi connectivity index (χ1) is 9.45. The summed E-state index contributed by atoms with van der Waals surface area (Å²) in [5.41, 5.74) is 6.40. The molecular formula is C16H23FN2O. The van der Waals surface area contributed by atoms with Crippen LogP contribution in [0.3, 0.4) is 0 Å². The zero-order valence-corrected chi connectivity index (χ0v) is 12.2. The molecule has 0 saturated carbocycles. The number of hydrogen-bond donors (Lipinski definition) is 1. The summed E-state index contributed by atoms with van der Waals surface area (Å²) in [7, 11) is 0. The minimum atomic E-state index is -0.236. The molecule has 1 saturated heterocycles. The zero-order chi connectivity index (χ0) is 14.8. The van der Waals surface area contributed by atoms with Crippen LogP contribution in [-0.2, 0) is 11.2 Å². The van der Waals surface area contributed by atoms with Crippen LogP contribution in [0.15, 0.2) is 24.3 Å². The standard InChI is InChI=1S/C16H23FN2O/c1-12(9-13-5-3-4-6-14(13)17)15(20)19-8-7-16(2,10-18)11-19/h3-6,12H,7-11,18H2,1-2H3. The lowest BCUT2D eigenvalue weighted by Crippen LogP contribution is -2.37. The molecule has 0 aliphatic carbocycles. The molecular weight excluding hydrogens is 255 g/mol. The van der Waals surface area contributed by atoms with Crippen LogP contribution in [0, 0.1) is 17.2 Å². The fourth-order valence-corrected chi connectivity index (χ4v) is 2.77. The zero-order valence-electron chi connectivity index (χ0n) is 12.2. The second-order valence-electron chi connectivity index (χ2n) is 6.22. The number of nitrogens with two attached hydrogens (primary N) is 1. The van der Waals surface area contributed by atoms with Crippen molar-refractivity contribution in [3.05, 3.63) is 35.6 Å². The number of rotatable bonds is 4. The highest BCUT2D eigenvalue weighted by Crippen LogP contribution is 2.29. The van der Waals surface area contributed by atoms with Gasteiger partial charge in [0.2, 0.25) is 5.91 Å². The van der Waals surface area contributed by atoms with Gasteiger partial charge in [-0.2, -0.15) is 0 Å². The van der Waals surface area contributed by atoms with Crippen molar-refractivity contribution in [1.29, 1.82) is 0 Å². The van der Waals surface area contributed by atoms with Crippen LogP contribution >= 0.6 is 0 Å². The first-order valence-electron chi connectivity index (χ1n) is 7.17. The summed E-state index contributed by atoms with van der Waals surface area (Å²) in [4.78, 5) is 14.3. The van der Waals surface area contributed by atoms with Crippen molar-refractivity contribution in [3.8, 4) is 0 Å². The Morgan fingerprint density at radius 3 is 2.80 bits per heavy atom. The molecule has 0 aromatic heterocycles.